The summed E-state index contributed by atoms with van der Waals surface area (Å²) in [6, 6.07) is 14.3. The van der Waals surface area contributed by atoms with Gasteiger partial charge in [-0.15, -0.1) is 0 Å². The number of hydrogen-bond acceptors (Lipinski definition) is 5. The van der Waals surface area contributed by atoms with Gasteiger partial charge in [0.2, 0.25) is 0 Å². The minimum absolute atomic E-state index is 0.00489. The van der Waals surface area contributed by atoms with Gasteiger partial charge >= 0.3 is 6.18 Å². The maximum atomic E-state index is 12.8. The predicted octanol–water partition coefficient (Wildman–Crippen LogP) is 4.99. The molecule has 0 aliphatic rings. The fourth-order valence-electron chi connectivity index (χ4n) is 3.09. The van der Waals surface area contributed by atoms with E-state index < -0.39 is 26.7 Å². The van der Waals surface area contributed by atoms with Crippen molar-refractivity contribution < 1.29 is 31.1 Å². The number of phenols is 1. The van der Waals surface area contributed by atoms with Crippen LogP contribution in [0.15, 0.2) is 86.9 Å². The zero-order chi connectivity index (χ0) is 23.1. The number of para-hydroxylation sites is 1. The Bertz CT molecular complexity index is 1480. The van der Waals surface area contributed by atoms with Gasteiger partial charge in [0.1, 0.15) is 17.1 Å². The number of sulfonamides is 1. The summed E-state index contributed by atoms with van der Waals surface area (Å²) in [7, 11) is -4.29. The fourth-order valence-corrected chi connectivity index (χ4v) is 4.17. The van der Waals surface area contributed by atoms with Gasteiger partial charge < -0.3 is 9.52 Å². The van der Waals surface area contributed by atoms with Crippen molar-refractivity contribution in [2.24, 2.45) is 0 Å². The summed E-state index contributed by atoms with van der Waals surface area (Å²) in [5.74, 6) is -0.219. The second kappa shape index (κ2) is 7.72. The van der Waals surface area contributed by atoms with E-state index in [1.807, 2.05) is 0 Å². The van der Waals surface area contributed by atoms with Crippen molar-refractivity contribution in [3.8, 4) is 17.1 Å². The lowest BCUT2D eigenvalue weighted by Crippen LogP contribution is -2.14. The number of anilines is 1. The summed E-state index contributed by atoms with van der Waals surface area (Å²) >= 11 is 0. The number of nitrogens with one attached hydrogen (secondary N) is 1. The summed E-state index contributed by atoms with van der Waals surface area (Å²) in [5, 5.41) is 10.2. The number of phenolic OH excluding ortho intramolecular Hbond substituents is 1. The standard InChI is InChI=1S/C22H14F3NO5S/c23-22(24,25)13-5-8-15(9-6-13)32(29,30)26-18-10-7-14(27)11-17(18)21-12-19(28)16-3-1-2-4-20(16)31-21/h1-12,26-27H. The maximum Gasteiger partial charge on any atom is 0.416 e. The molecule has 0 amide bonds. The molecule has 0 saturated heterocycles. The molecule has 0 fully saturated rings. The Hall–Kier alpha value is -3.79. The number of rotatable bonds is 4. The van der Waals surface area contributed by atoms with Crippen LogP contribution in [0.1, 0.15) is 5.56 Å². The number of alkyl halides is 3. The number of fused-ring (bicyclic) bond motifs is 1. The van der Waals surface area contributed by atoms with E-state index in [-0.39, 0.29) is 33.8 Å². The molecular weight excluding hydrogens is 447 g/mol. The molecule has 0 saturated carbocycles. The van der Waals surface area contributed by atoms with E-state index in [2.05, 4.69) is 4.72 Å². The Labute approximate surface area is 179 Å². The van der Waals surface area contributed by atoms with Gasteiger partial charge in [-0.1, -0.05) is 12.1 Å². The molecule has 4 rings (SSSR count). The molecule has 1 aromatic heterocycles. The third-order valence-electron chi connectivity index (χ3n) is 4.64. The number of aromatic hydroxyl groups is 1. The number of benzene rings is 3. The highest BCUT2D eigenvalue weighted by atomic mass is 32.2. The number of hydrogen-bond donors (Lipinski definition) is 2. The second-order valence-corrected chi connectivity index (χ2v) is 8.51. The van der Waals surface area contributed by atoms with Gasteiger partial charge in [-0.05, 0) is 54.6 Å². The van der Waals surface area contributed by atoms with E-state index in [1.54, 1.807) is 24.3 Å². The Morgan fingerprint density at radius 1 is 0.906 bits per heavy atom. The molecule has 4 aromatic rings. The Kier molecular flexibility index (Phi) is 5.17. The summed E-state index contributed by atoms with van der Waals surface area (Å²) in [5.41, 5.74) is -1.07. The molecule has 0 atom stereocenters. The van der Waals surface area contributed by atoms with Gasteiger partial charge in [-0.25, -0.2) is 8.42 Å². The van der Waals surface area contributed by atoms with Crippen molar-refractivity contribution >= 4 is 26.7 Å². The van der Waals surface area contributed by atoms with Crippen molar-refractivity contribution in [1.29, 1.82) is 0 Å². The van der Waals surface area contributed by atoms with E-state index in [1.165, 1.54) is 18.2 Å². The molecule has 32 heavy (non-hydrogen) atoms. The Balaban J connectivity index is 1.77. The minimum Gasteiger partial charge on any atom is -0.508 e. The molecule has 0 unspecified atom stereocenters. The van der Waals surface area contributed by atoms with Crippen LogP contribution in [-0.4, -0.2) is 13.5 Å². The van der Waals surface area contributed by atoms with E-state index in [0.29, 0.717) is 17.5 Å². The predicted molar refractivity (Wildman–Crippen MR) is 112 cm³/mol. The molecule has 2 N–H and O–H groups in total. The molecule has 0 spiro atoms. The van der Waals surface area contributed by atoms with E-state index >= 15 is 0 Å². The lowest BCUT2D eigenvalue weighted by Gasteiger charge is -2.14. The minimum atomic E-state index is -4.60. The maximum absolute atomic E-state index is 12.8. The molecule has 164 valence electrons. The van der Waals surface area contributed by atoms with Crippen LogP contribution in [0.5, 0.6) is 5.75 Å². The highest BCUT2D eigenvalue weighted by Crippen LogP contribution is 2.34. The first-order chi connectivity index (χ1) is 15.0. The molecule has 1 heterocycles. The highest BCUT2D eigenvalue weighted by molar-refractivity contribution is 7.92. The monoisotopic (exact) mass is 461 g/mol. The average molecular weight is 461 g/mol. The van der Waals surface area contributed by atoms with Crippen LogP contribution in [0.25, 0.3) is 22.3 Å². The van der Waals surface area contributed by atoms with Crippen LogP contribution in [0.4, 0.5) is 18.9 Å². The van der Waals surface area contributed by atoms with Gasteiger partial charge in [0, 0.05) is 11.6 Å². The van der Waals surface area contributed by atoms with Gasteiger partial charge in [0.25, 0.3) is 10.0 Å². The molecule has 6 nitrogen and oxygen atoms in total. The molecular formula is C22H14F3NO5S. The molecule has 0 bridgehead atoms. The second-order valence-electron chi connectivity index (χ2n) is 6.83. The van der Waals surface area contributed by atoms with Crippen molar-refractivity contribution in [3.63, 3.8) is 0 Å². The number of halogens is 3. The molecule has 0 aliphatic carbocycles. The van der Waals surface area contributed by atoms with Crippen LogP contribution >= 0.6 is 0 Å². The Morgan fingerprint density at radius 2 is 1.59 bits per heavy atom. The molecule has 3 aromatic carbocycles. The van der Waals surface area contributed by atoms with Gasteiger partial charge in [0.15, 0.2) is 5.43 Å². The van der Waals surface area contributed by atoms with Crippen molar-refractivity contribution in [2.45, 2.75) is 11.1 Å². The normalized spacial score (nSPS) is 12.1. The molecule has 10 heteroatoms. The van der Waals surface area contributed by atoms with E-state index in [4.69, 9.17) is 4.42 Å². The largest absolute Gasteiger partial charge is 0.508 e. The van der Waals surface area contributed by atoms with E-state index in [9.17, 15) is 31.5 Å². The van der Waals surface area contributed by atoms with Gasteiger partial charge in [-0.3, -0.25) is 9.52 Å². The lowest BCUT2D eigenvalue weighted by atomic mass is 10.1. The van der Waals surface area contributed by atoms with Crippen LogP contribution < -0.4 is 10.2 Å². The quantitative estimate of drug-likeness (QED) is 0.418. The summed E-state index contributed by atoms with van der Waals surface area (Å²) in [6.07, 6.45) is -4.60. The smallest absolute Gasteiger partial charge is 0.416 e. The van der Waals surface area contributed by atoms with Crippen molar-refractivity contribution in [3.05, 3.63) is 88.6 Å². The van der Waals surface area contributed by atoms with Gasteiger partial charge in [-0.2, -0.15) is 13.2 Å². The first kappa shape index (κ1) is 21.4. The first-order valence-electron chi connectivity index (χ1n) is 9.11. The zero-order valence-corrected chi connectivity index (χ0v) is 16.9. The fraction of sp³-hybridized carbons (Fsp3) is 0.0455. The lowest BCUT2D eigenvalue weighted by molar-refractivity contribution is -0.137. The van der Waals surface area contributed by atoms with Crippen molar-refractivity contribution in [1.82, 2.24) is 0 Å². The van der Waals surface area contributed by atoms with Gasteiger partial charge in [0.05, 0.1) is 21.5 Å². The molecule has 0 aliphatic heterocycles. The van der Waals surface area contributed by atoms with Crippen molar-refractivity contribution in [2.75, 3.05) is 4.72 Å². The SMILES string of the molecule is O=c1cc(-c2cc(O)ccc2NS(=O)(=O)c2ccc(C(F)(F)F)cc2)oc2ccccc12. The highest BCUT2D eigenvalue weighted by Gasteiger charge is 2.30. The topological polar surface area (TPSA) is 96.6 Å². The summed E-state index contributed by atoms with van der Waals surface area (Å²) < 4.78 is 71.8. The van der Waals surface area contributed by atoms with E-state index in [0.717, 1.165) is 18.2 Å². The van der Waals surface area contributed by atoms with Crippen LogP contribution in [0.2, 0.25) is 0 Å². The Morgan fingerprint density at radius 3 is 2.28 bits per heavy atom. The zero-order valence-electron chi connectivity index (χ0n) is 16.1. The summed E-state index contributed by atoms with van der Waals surface area (Å²) in [6.45, 7) is 0. The third-order valence-corrected chi connectivity index (χ3v) is 6.02. The van der Waals surface area contributed by atoms with Crippen LogP contribution in [0.3, 0.4) is 0 Å². The first-order valence-corrected chi connectivity index (χ1v) is 10.6. The summed E-state index contributed by atoms with van der Waals surface area (Å²) in [4.78, 5) is 12.0. The third kappa shape index (κ3) is 4.17. The van der Waals surface area contributed by atoms with Crippen LogP contribution in [0, 0.1) is 0 Å². The molecule has 0 radical (unpaired) electrons. The average Bonchev–Trinajstić information content (AvgIpc) is 2.74. The van der Waals surface area contributed by atoms with Crippen LogP contribution in [-0.2, 0) is 16.2 Å².